The second-order valence-electron chi connectivity index (χ2n) is 11.9. The topological polar surface area (TPSA) is 82.1 Å². The molecule has 4 aliphatic rings. The van der Waals surface area contributed by atoms with Gasteiger partial charge in [0, 0.05) is 12.3 Å². The fourth-order valence-corrected chi connectivity index (χ4v) is 7.85. The van der Waals surface area contributed by atoms with Gasteiger partial charge in [-0.1, -0.05) is 26.8 Å². The van der Waals surface area contributed by atoms with Crippen LogP contribution in [0, 0.1) is 30.6 Å². The Morgan fingerprint density at radius 1 is 1.17 bits per heavy atom. The van der Waals surface area contributed by atoms with Crippen molar-refractivity contribution in [3.8, 4) is 0 Å². The van der Waals surface area contributed by atoms with E-state index in [1.807, 2.05) is 19.9 Å². The largest absolute Gasteiger partial charge is 0.457 e. The number of fused-ring (bicyclic) bond motifs is 5. The van der Waals surface area contributed by atoms with Gasteiger partial charge in [-0.15, -0.1) is 0 Å². The summed E-state index contributed by atoms with van der Waals surface area (Å²) in [6.07, 6.45) is 5.99. The Labute approximate surface area is 208 Å². The lowest BCUT2D eigenvalue weighted by Gasteiger charge is -2.53. The standard InChI is InChI=1S/C29H40O6/c1-16(2)29-14-23(33-24(31)15-30)28(5,35-29)22-13-10-17(3)25(22)26(29)34-27(32)21-12-11-19-8-6-7-9-20(19)18(21)4/h11-12,16-17,22-23,25-26,30H,6-10,13-15H2,1-5H3/t17-,22-,23-,25-,26+,28+,29-/m1/s1. The third kappa shape index (κ3) is 3.74. The van der Waals surface area contributed by atoms with Gasteiger partial charge in [0.2, 0.25) is 0 Å². The summed E-state index contributed by atoms with van der Waals surface area (Å²) in [4.78, 5) is 25.9. The summed E-state index contributed by atoms with van der Waals surface area (Å²) in [5.41, 5.74) is 2.96. The van der Waals surface area contributed by atoms with Crippen molar-refractivity contribution < 1.29 is 28.9 Å². The molecule has 0 unspecified atom stereocenters. The Kier molecular flexibility index (Phi) is 6.28. The number of ether oxygens (including phenoxy) is 3. The molecule has 2 aliphatic heterocycles. The first-order valence-electron chi connectivity index (χ1n) is 13.4. The SMILES string of the molecule is Cc1c(C(=O)O[C@H]2[C@@H]3[C@H](C)CC[C@H]3[C@]3(C)O[C@@]2(C(C)C)C[C@H]3OC(=O)CO)ccc2c1CCCC2. The highest BCUT2D eigenvalue weighted by Crippen LogP contribution is 2.63. The molecule has 192 valence electrons. The van der Waals surface area contributed by atoms with Crippen molar-refractivity contribution in [3.63, 3.8) is 0 Å². The Morgan fingerprint density at radius 2 is 1.91 bits per heavy atom. The number of carbonyl (C=O) groups excluding carboxylic acids is 2. The van der Waals surface area contributed by atoms with Crippen molar-refractivity contribution in [3.05, 3.63) is 34.4 Å². The molecule has 0 radical (unpaired) electrons. The molecule has 0 spiro atoms. The summed E-state index contributed by atoms with van der Waals surface area (Å²) in [6.45, 7) is 9.89. The van der Waals surface area contributed by atoms with Gasteiger partial charge in [-0.3, -0.25) is 0 Å². The van der Waals surface area contributed by atoms with Gasteiger partial charge in [0.25, 0.3) is 0 Å². The Hall–Kier alpha value is -1.92. The number of benzene rings is 1. The third-order valence-corrected chi connectivity index (χ3v) is 9.83. The number of carbonyl (C=O) groups is 2. The molecule has 6 nitrogen and oxygen atoms in total. The first kappa shape index (κ1) is 24.8. The molecule has 5 rings (SSSR count). The molecule has 7 atom stereocenters. The number of esters is 2. The van der Waals surface area contributed by atoms with Crippen LogP contribution in [-0.4, -0.2) is 47.1 Å². The number of hydrogen-bond acceptors (Lipinski definition) is 6. The summed E-state index contributed by atoms with van der Waals surface area (Å²) in [5, 5.41) is 9.34. The summed E-state index contributed by atoms with van der Waals surface area (Å²) in [6, 6.07) is 4.04. The Bertz CT molecular complexity index is 1020. The van der Waals surface area contributed by atoms with Crippen molar-refractivity contribution in [2.75, 3.05) is 6.61 Å². The average molecular weight is 485 g/mol. The zero-order valence-electron chi connectivity index (χ0n) is 21.8. The maximum Gasteiger partial charge on any atom is 0.338 e. The van der Waals surface area contributed by atoms with Crippen LogP contribution in [0.1, 0.15) is 86.8 Å². The van der Waals surface area contributed by atoms with Crippen molar-refractivity contribution >= 4 is 11.9 Å². The number of aliphatic hydroxyl groups excluding tert-OH is 1. The molecule has 0 aromatic heterocycles. The van der Waals surface area contributed by atoms with Crippen LogP contribution in [0.4, 0.5) is 0 Å². The van der Waals surface area contributed by atoms with Crippen LogP contribution in [-0.2, 0) is 31.8 Å². The van der Waals surface area contributed by atoms with Crippen LogP contribution in [0.25, 0.3) is 0 Å². The van der Waals surface area contributed by atoms with Gasteiger partial charge in [-0.25, -0.2) is 9.59 Å². The second kappa shape index (κ2) is 8.88. The molecule has 1 aromatic rings. The monoisotopic (exact) mass is 484 g/mol. The van der Waals surface area contributed by atoms with E-state index in [-0.39, 0.29) is 23.7 Å². The summed E-state index contributed by atoms with van der Waals surface area (Å²) >= 11 is 0. The maximum absolute atomic E-state index is 13.7. The number of hydrogen-bond donors (Lipinski definition) is 1. The van der Waals surface area contributed by atoms with E-state index in [2.05, 4.69) is 26.8 Å². The molecular weight excluding hydrogens is 444 g/mol. The van der Waals surface area contributed by atoms with Crippen LogP contribution < -0.4 is 0 Å². The lowest BCUT2D eigenvalue weighted by atomic mass is 9.69. The third-order valence-electron chi connectivity index (χ3n) is 9.83. The molecule has 2 saturated heterocycles. The summed E-state index contributed by atoms with van der Waals surface area (Å²) in [5.74, 6) is -0.234. The molecule has 1 N–H and O–H groups in total. The minimum atomic E-state index is -0.743. The lowest BCUT2D eigenvalue weighted by Crippen LogP contribution is -2.62. The Morgan fingerprint density at radius 3 is 2.63 bits per heavy atom. The predicted octanol–water partition coefficient (Wildman–Crippen LogP) is 4.55. The molecule has 0 amide bonds. The van der Waals surface area contributed by atoms with Crippen molar-refractivity contribution in [1.29, 1.82) is 0 Å². The summed E-state index contributed by atoms with van der Waals surface area (Å²) < 4.78 is 19.1. The maximum atomic E-state index is 13.7. The predicted molar refractivity (Wildman–Crippen MR) is 131 cm³/mol. The smallest absolute Gasteiger partial charge is 0.338 e. The van der Waals surface area contributed by atoms with Gasteiger partial charge < -0.3 is 19.3 Å². The highest BCUT2D eigenvalue weighted by Gasteiger charge is 2.72. The van der Waals surface area contributed by atoms with E-state index < -0.39 is 36.0 Å². The van der Waals surface area contributed by atoms with E-state index in [0.717, 1.165) is 37.7 Å². The van der Waals surface area contributed by atoms with Crippen LogP contribution in [0.15, 0.2) is 12.1 Å². The normalized spacial score (nSPS) is 37.6. The van der Waals surface area contributed by atoms with E-state index in [0.29, 0.717) is 17.9 Å². The van der Waals surface area contributed by atoms with Crippen LogP contribution >= 0.6 is 0 Å². The van der Waals surface area contributed by atoms with Gasteiger partial charge >= 0.3 is 11.9 Å². The van der Waals surface area contributed by atoms with E-state index in [1.54, 1.807) is 0 Å². The van der Waals surface area contributed by atoms with Crippen LogP contribution in [0.5, 0.6) is 0 Å². The first-order valence-corrected chi connectivity index (χ1v) is 13.4. The molecule has 2 heterocycles. The fraction of sp³-hybridized carbons (Fsp3) is 0.724. The second-order valence-corrected chi connectivity index (χ2v) is 11.9. The Balaban J connectivity index is 1.52. The zero-order valence-corrected chi connectivity index (χ0v) is 21.8. The molecule has 3 fully saturated rings. The summed E-state index contributed by atoms with van der Waals surface area (Å²) in [7, 11) is 0. The molecule has 6 heteroatoms. The minimum absolute atomic E-state index is 0.0517. The van der Waals surface area contributed by atoms with Crippen LogP contribution in [0.3, 0.4) is 0 Å². The quantitative estimate of drug-likeness (QED) is 0.618. The number of aliphatic hydroxyl groups is 1. The average Bonchev–Trinajstić information content (AvgIpc) is 3.35. The minimum Gasteiger partial charge on any atom is -0.457 e. The highest BCUT2D eigenvalue weighted by atomic mass is 16.6. The number of rotatable bonds is 5. The van der Waals surface area contributed by atoms with E-state index in [4.69, 9.17) is 14.2 Å². The molecule has 2 aliphatic carbocycles. The van der Waals surface area contributed by atoms with E-state index in [9.17, 15) is 14.7 Å². The molecule has 1 aromatic carbocycles. The highest BCUT2D eigenvalue weighted by molar-refractivity contribution is 5.92. The van der Waals surface area contributed by atoms with Gasteiger partial charge in [-0.2, -0.15) is 0 Å². The fourth-order valence-electron chi connectivity index (χ4n) is 7.85. The van der Waals surface area contributed by atoms with E-state index >= 15 is 0 Å². The van der Waals surface area contributed by atoms with E-state index in [1.165, 1.54) is 17.5 Å². The van der Waals surface area contributed by atoms with Crippen molar-refractivity contribution in [2.24, 2.45) is 23.7 Å². The van der Waals surface area contributed by atoms with Gasteiger partial charge in [-0.05, 0) is 92.9 Å². The van der Waals surface area contributed by atoms with Crippen molar-refractivity contribution in [1.82, 2.24) is 0 Å². The molecule has 2 bridgehead atoms. The van der Waals surface area contributed by atoms with Crippen molar-refractivity contribution in [2.45, 2.75) is 103 Å². The zero-order chi connectivity index (χ0) is 25.1. The van der Waals surface area contributed by atoms with Gasteiger partial charge in [0.05, 0.1) is 5.56 Å². The van der Waals surface area contributed by atoms with Gasteiger partial charge in [0.1, 0.15) is 30.0 Å². The molecule has 35 heavy (non-hydrogen) atoms. The van der Waals surface area contributed by atoms with Crippen LogP contribution in [0.2, 0.25) is 0 Å². The molecular formula is C29H40O6. The van der Waals surface area contributed by atoms with Gasteiger partial charge in [0.15, 0.2) is 0 Å². The first-order chi connectivity index (χ1) is 16.6. The molecule has 1 saturated carbocycles. The number of aryl methyl sites for hydroxylation is 1. The lowest BCUT2D eigenvalue weighted by molar-refractivity contribution is -0.259.